The molecule has 4 fully saturated rings. The van der Waals surface area contributed by atoms with Crippen LogP contribution in [0.15, 0.2) is 296 Å². The summed E-state index contributed by atoms with van der Waals surface area (Å²) in [5.41, 5.74) is 27.9. The molecule has 4 saturated heterocycles. The van der Waals surface area contributed by atoms with E-state index >= 15 is 0 Å². The van der Waals surface area contributed by atoms with E-state index in [0.717, 1.165) is 42.6 Å². The third kappa shape index (κ3) is 25.3. The lowest BCUT2D eigenvalue weighted by atomic mass is 9.90. The first-order valence-corrected chi connectivity index (χ1v) is 44.3. The van der Waals surface area contributed by atoms with Gasteiger partial charge >= 0.3 is 0 Å². The summed E-state index contributed by atoms with van der Waals surface area (Å²) in [4.78, 5) is 101. The van der Waals surface area contributed by atoms with Crippen molar-refractivity contribution in [3.63, 3.8) is 0 Å². The Kier molecular flexibility index (Phi) is 33.7. The van der Waals surface area contributed by atoms with Crippen molar-refractivity contribution in [2.24, 2.45) is 23.1 Å². The highest BCUT2D eigenvalue weighted by molar-refractivity contribution is 6.30. The first kappa shape index (κ1) is 90.5. The van der Waals surface area contributed by atoms with Crippen LogP contribution in [0.4, 0.5) is 5.69 Å². The predicted molar refractivity (Wildman–Crippen MR) is 492 cm³/mol. The van der Waals surface area contributed by atoms with E-state index in [1.165, 1.54) is 33.4 Å². The molecule has 15 rings (SSSR count). The number of rotatable bonds is 33. The van der Waals surface area contributed by atoms with E-state index in [1.807, 2.05) is 220 Å². The van der Waals surface area contributed by atoms with Crippen LogP contribution in [-0.4, -0.2) is 187 Å². The number of aromatic nitrogens is 2. The number of hydrogen-bond acceptors (Lipinski definition) is 15. The van der Waals surface area contributed by atoms with Gasteiger partial charge in [0.15, 0.2) is 11.5 Å². The molecule has 4 aliphatic heterocycles. The van der Waals surface area contributed by atoms with Gasteiger partial charge in [0.05, 0.1) is 18.1 Å². The van der Waals surface area contributed by atoms with Crippen LogP contribution in [0.25, 0.3) is 17.0 Å². The Morgan fingerprint density at radius 2 is 0.768 bits per heavy atom. The number of benzene rings is 9. The average Bonchev–Trinajstić information content (AvgIpc) is 1.70. The summed E-state index contributed by atoms with van der Waals surface area (Å²) in [6.07, 6.45) is 10.7. The van der Waals surface area contributed by atoms with Crippen LogP contribution in [0, 0.1) is 5.92 Å². The Morgan fingerprint density at radius 1 is 0.408 bits per heavy atom. The van der Waals surface area contributed by atoms with Gasteiger partial charge < -0.3 is 77.8 Å². The number of nitrogens with one attached hydrogen (secondary N) is 6. The lowest BCUT2D eigenvalue weighted by Gasteiger charge is -2.29. The number of nitrogens with two attached hydrogens (primary N) is 3. The molecule has 9 aromatic carbocycles. The number of carbonyl (C=O) groups excluding carboxylic acids is 7. The molecule has 6 heterocycles. The van der Waals surface area contributed by atoms with Crippen molar-refractivity contribution in [1.29, 1.82) is 0 Å². The highest BCUT2D eigenvalue weighted by Crippen LogP contribution is 2.33. The zero-order chi connectivity index (χ0) is 87.1. The minimum absolute atomic E-state index is 0.0262. The maximum Gasteiger partial charge on any atom is 0.273 e. The second-order valence-electron chi connectivity index (χ2n) is 32.4. The molecule has 24 heteroatoms. The van der Waals surface area contributed by atoms with Crippen molar-refractivity contribution in [1.82, 2.24) is 56.3 Å². The predicted octanol–water partition coefficient (Wildman–Crippen LogP) is 12.5. The molecule has 11 aromatic rings. The van der Waals surface area contributed by atoms with E-state index in [1.54, 1.807) is 23.1 Å². The second-order valence-corrected chi connectivity index (χ2v) is 32.9. The summed E-state index contributed by atoms with van der Waals surface area (Å²) in [6, 6.07) is 90.4. The van der Waals surface area contributed by atoms with Gasteiger partial charge in [-0.15, -0.1) is 0 Å². The standard InChI is InChI=1S/C34H41N5O3.C34H39N5O2.C33H36ClN5O3/c35-20-10-17-31-34(42)38(24-30(25-11-4-1-5-12-25)26-13-6-2-7-14-26)21-18-27(37-31)23-36-32(40)29-19-22-39(33(29)41)28-15-8-3-9-16-28;35-20-9-14-32-34(41)39(25-31(26-10-3-1-4-11-26)27-12-5-2-6-13-27)23-19-29(37-32)24-36-33(40)28-15-17-30(18-16-28)38-21-7-8-22-38;34-26-15-13-25(14-16-26)31-20-30(38-42-31)32(40)36-21-27-17-19-39(33(41)29(37-27)12-7-18-35)22-28(23-8-3-1-4-9-23)24-10-5-2-6-11-24/h1-9,11-16,27,29-31,37H,10,17-24,35H2,(H,36,40);1-8,10-13,15-18,21-22,29,31-32,37H,9,14,19-20,23-25,35H2,(H,36,40);1-6,8-11,13-16,20,27-29,37H,7,12,17-19,21-22,35H2,(H,36,40)/t27-,29?,31-;29-,32-;27-,29-/m000/s1. The Balaban J connectivity index is 0.000000161. The first-order chi connectivity index (χ1) is 61.2. The maximum absolute atomic E-state index is 13.8. The third-order valence-electron chi connectivity index (χ3n) is 23.9. The van der Waals surface area contributed by atoms with Crippen LogP contribution in [0.5, 0.6) is 0 Å². The summed E-state index contributed by atoms with van der Waals surface area (Å²) in [5, 5.41) is 24.2. The van der Waals surface area contributed by atoms with Crippen LogP contribution in [0.1, 0.15) is 136 Å². The van der Waals surface area contributed by atoms with Crippen LogP contribution < -0.4 is 54.0 Å². The van der Waals surface area contributed by atoms with Crippen molar-refractivity contribution < 1.29 is 38.1 Å². The monoisotopic (exact) mass is 1700 g/mol. The lowest BCUT2D eigenvalue weighted by Crippen LogP contribution is -2.50. The Bertz CT molecular complexity index is 5050. The molecular weight excluding hydrogens is 1590 g/mol. The van der Waals surface area contributed by atoms with Crippen molar-refractivity contribution in [2.75, 3.05) is 90.0 Å². The molecule has 125 heavy (non-hydrogen) atoms. The molecule has 12 N–H and O–H groups in total. The van der Waals surface area contributed by atoms with E-state index in [-0.39, 0.29) is 101 Å². The number of amides is 7. The molecule has 23 nitrogen and oxygen atoms in total. The Hall–Kier alpha value is -12.2. The number of nitrogens with zero attached hydrogens (tertiary/aromatic N) is 6. The van der Waals surface area contributed by atoms with Gasteiger partial charge in [0.2, 0.25) is 29.5 Å². The summed E-state index contributed by atoms with van der Waals surface area (Å²) < 4.78 is 7.39. The molecule has 650 valence electrons. The molecule has 2 aromatic heterocycles. The molecule has 0 bridgehead atoms. The average molecular weight is 1700 g/mol. The van der Waals surface area contributed by atoms with Gasteiger partial charge in [-0.05, 0) is 190 Å². The van der Waals surface area contributed by atoms with Gasteiger partial charge in [0, 0.05) is 147 Å². The van der Waals surface area contributed by atoms with Gasteiger partial charge in [-0.25, -0.2) is 0 Å². The highest BCUT2D eigenvalue weighted by atomic mass is 35.5. The topological polar surface area (TPSA) is 314 Å². The minimum Gasteiger partial charge on any atom is -0.355 e. The smallest absolute Gasteiger partial charge is 0.273 e. The van der Waals surface area contributed by atoms with E-state index in [9.17, 15) is 33.6 Å². The van der Waals surface area contributed by atoms with Gasteiger partial charge in [-0.2, -0.15) is 0 Å². The summed E-state index contributed by atoms with van der Waals surface area (Å²) in [6.45, 7) is 6.72. The number of anilines is 1. The first-order valence-electron chi connectivity index (χ1n) is 43.9. The fourth-order valence-corrected chi connectivity index (χ4v) is 17.1. The summed E-state index contributed by atoms with van der Waals surface area (Å²) in [5.74, 6) is -0.678. The second kappa shape index (κ2) is 46.5. The number of para-hydroxylation sites is 1. The van der Waals surface area contributed by atoms with Gasteiger partial charge in [0.1, 0.15) is 5.92 Å². The van der Waals surface area contributed by atoms with Crippen LogP contribution in [0.2, 0.25) is 5.02 Å². The summed E-state index contributed by atoms with van der Waals surface area (Å²) >= 11 is 5.97. The summed E-state index contributed by atoms with van der Waals surface area (Å²) in [7, 11) is 0. The maximum atomic E-state index is 13.8. The molecule has 7 amide bonds. The minimum atomic E-state index is -0.695. The fraction of sp³-hybridized carbons (Fsp3) is 0.327. The molecule has 1 unspecified atom stereocenters. The van der Waals surface area contributed by atoms with Crippen LogP contribution >= 0.6 is 11.6 Å². The lowest BCUT2D eigenvalue weighted by molar-refractivity contribution is -0.133. The largest absolute Gasteiger partial charge is 0.355 e. The molecule has 0 radical (unpaired) electrons. The van der Waals surface area contributed by atoms with E-state index in [4.69, 9.17) is 33.3 Å². The van der Waals surface area contributed by atoms with Gasteiger partial charge in [-0.3, -0.25) is 33.6 Å². The third-order valence-corrected chi connectivity index (χ3v) is 24.2. The zero-order valence-electron chi connectivity index (χ0n) is 70.8. The normalized spacial score (nSPS) is 18.6. The molecule has 0 spiro atoms. The van der Waals surface area contributed by atoms with Crippen molar-refractivity contribution >= 4 is 58.6 Å². The molecule has 0 aliphatic carbocycles. The SMILES string of the molecule is NCCC[C@@H]1N[C@H](CNC(=O)C2CCN(c3ccccc3)C2=O)CCN(CC(c2ccccc2)c2ccccc2)C1=O.NCCC[C@@H]1N[C@H](CNC(=O)c2cc(-c3ccc(Cl)cc3)on2)CCN(CC(c2ccccc2)c2ccccc2)C1=O.NCCC[C@@H]1N[C@H](CNC(=O)c2ccc(-n3cccc3)cc2)CCN(CC(c2ccccc2)c2ccccc2)C1=O. The van der Waals surface area contributed by atoms with Crippen molar-refractivity contribution in [3.05, 3.63) is 341 Å². The number of carbonyl (C=O) groups is 7. The van der Waals surface area contributed by atoms with E-state index in [0.29, 0.717) is 140 Å². The zero-order valence-corrected chi connectivity index (χ0v) is 71.6. The molecular formula is C101H116ClN15O8. The van der Waals surface area contributed by atoms with Crippen molar-refractivity contribution in [3.8, 4) is 17.0 Å². The molecule has 0 saturated carbocycles. The highest BCUT2D eigenvalue weighted by Gasteiger charge is 2.40. The number of halogens is 1. The van der Waals surface area contributed by atoms with Crippen LogP contribution in [-0.2, 0) is 24.0 Å². The van der Waals surface area contributed by atoms with Crippen molar-refractivity contribution in [2.45, 2.75) is 118 Å². The van der Waals surface area contributed by atoms with Crippen LogP contribution in [0.3, 0.4) is 0 Å². The van der Waals surface area contributed by atoms with Gasteiger partial charge in [0.25, 0.3) is 11.8 Å². The molecule has 4 aliphatic rings. The fourth-order valence-electron chi connectivity index (χ4n) is 17.0. The van der Waals surface area contributed by atoms with E-state index in [2.05, 4.69) is 110 Å². The van der Waals surface area contributed by atoms with E-state index < -0.39 is 5.92 Å². The Morgan fingerprint density at radius 3 is 1.14 bits per heavy atom. The Labute approximate surface area is 738 Å². The van der Waals surface area contributed by atoms with Gasteiger partial charge in [-0.1, -0.05) is 217 Å². The molecule has 7 atom stereocenters. The quantitative estimate of drug-likeness (QED) is 0.0173. The number of hydrogen-bond donors (Lipinski definition) is 9.